The third-order valence-corrected chi connectivity index (χ3v) is 2.61. The normalized spacial score (nSPS) is 11.1. The van der Waals surface area contributed by atoms with E-state index in [4.69, 9.17) is 0 Å². The van der Waals surface area contributed by atoms with Crippen LogP contribution >= 0.6 is 0 Å². The summed E-state index contributed by atoms with van der Waals surface area (Å²) in [6.45, 7) is 11.4. The van der Waals surface area contributed by atoms with Crippen LogP contribution in [0, 0.1) is 0 Å². The lowest BCUT2D eigenvalue weighted by molar-refractivity contribution is 0.558. The van der Waals surface area contributed by atoms with E-state index in [1.54, 1.807) is 0 Å². The van der Waals surface area contributed by atoms with Crippen LogP contribution in [0.15, 0.2) is 0 Å². The number of hydrogen-bond donors (Lipinski definition) is 2. The van der Waals surface area contributed by atoms with Crippen LogP contribution in [0.5, 0.6) is 0 Å². The largest absolute Gasteiger partial charge is 0.355 e. The zero-order valence-electron chi connectivity index (χ0n) is 11.5. The number of hydrogen-bond acceptors (Lipinski definition) is 4. The van der Waals surface area contributed by atoms with Gasteiger partial charge in [-0.05, 0) is 26.8 Å². The highest BCUT2D eigenvalue weighted by molar-refractivity contribution is 5.25. The zero-order valence-corrected chi connectivity index (χ0v) is 11.5. The maximum Gasteiger partial charge on any atom is 0.224 e. The molecule has 1 rings (SSSR count). The first-order chi connectivity index (χ1) is 8.19. The van der Waals surface area contributed by atoms with Gasteiger partial charge >= 0.3 is 0 Å². The first-order valence-electron chi connectivity index (χ1n) is 6.58. The molecule has 0 aromatic carbocycles. The molecular weight excluding hydrogens is 214 g/mol. The van der Waals surface area contributed by atoms with E-state index in [1.807, 2.05) is 0 Å². The molecule has 5 heteroatoms. The van der Waals surface area contributed by atoms with Gasteiger partial charge in [0.2, 0.25) is 5.95 Å². The minimum Gasteiger partial charge on any atom is -0.355 e. The third-order valence-electron chi connectivity index (χ3n) is 2.61. The highest BCUT2D eigenvalue weighted by atomic mass is 15.3. The Bertz CT molecular complexity index is 319. The lowest BCUT2D eigenvalue weighted by Crippen LogP contribution is -2.24. The molecular formula is C12H25N5. The average molecular weight is 239 g/mol. The number of nitrogens with one attached hydrogen (secondary N) is 2. The molecule has 98 valence electrons. The van der Waals surface area contributed by atoms with Crippen molar-refractivity contribution in [3.05, 3.63) is 5.82 Å². The summed E-state index contributed by atoms with van der Waals surface area (Å²) in [5, 5.41) is 15.1. The first-order valence-corrected chi connectivity index (χ1v) is 6.58. The Hall–Kier alpha value is -1.10. The Labute approximate surface area is 104 Å². The predicted molar refractivity (Wildman–Crippen MR) is 71.3 cm³/mol. The Morgan fingerprint density at radius 1 is 1.24 bits per heavy atom. The van der Waals surface area contributed by atoms with Crippen molar-refractivity contribution in [2.45, 2.75) is 53.1 Å². The first kappa shape index (κ1) is 14.0. The molecule has 0 saturated carbocycles. The number of rotatable bonds is 8. The van der Waals surface area contributed by atoms with Gasteiger partial charge in [-0.15, -0.1) is 10.2 Å². The van der Waals surface area contributed by atoms with E-state index in [1.165, 1.54) is 0 Å². The van der Waals surface area contributed by atoms with E-state index in [-0.39, 0.29) is 0 Å². The Morgan fingerprint density at radius 2 is 2.00 bits per heavy atom. The number of aryl methyl sites for hydroxylation is 1. The van der Waals surface area contributed by atoms with Crippen LogP contribution < -0.4 is 10.6 Å². The molecule has 0 fully saturated rings. The van der Waals surface area contributed by atoms with Gasteiger partial charge in [0.05, 0.1) is 0 Å². The molecule has 0 aliphatic rings. The third kappa shape index (κ3) is 4.34. The molecule has 0 unspecified atom stereocenters. The second-order valence-electron chi connectivity index (χ2n) is 4.43. The van der Waals surface area contributed by atoms with Crippen LogP contribution in [0.4, 0.5) is 5.95 Å². The molecule has 0 aliphatic heterocycles. The molecule has 0 aliphatic carbocycles. The number of aromatic nitrogens is 3. The standard InChI is InChI=1S/C12H25N5/c1-5-13-12-16-15-11(17(12)6-2)8-7-9-14-10(3)4/h10,14H,5-9H2,1-4H3,(H,13,16). The van der Waals surface area contributed by atoms with Gasteiger partial charge in [-0.1, -0.05) is 13.8 Å². The van der Waals surface area contributed by atoms with E-state index in [0.29, 0.717) is 6.04 Å². The summed E-state index contributed by atoms with van der Waals surface area (Å²) in [7, 11) is 0. The smallest absolute Gasteiger partial charge is 0.224 e. The topological polar surface area (TPSA) is 54.8 Å². The summed E-state index contributed by atoms with van der Waals surface area (Å²) in [6, 6.07) is 0.552. The van der Waals surface area contributed by atoms with Gasteiger partial charge in [-0.2, -0.15) is 0 Å². The fraction of sp³-hybridized carbons (Fsp3) is 0.833. The Kier molecular flexibility index (Phi) is 5.97. The molecule has 0 atom stereocenters. The SMILES string of the molecule is CCNc1nnc(CCCNC(C)C)n1CC. The van der Waals surface area contributed by atoms with E-state index in [9.17, 15) is 0 Å². The van der Waals surface area contributed by atoms with Crippen LogP contribution in [0.1, 0.15) is 39.9 Å². The van der Waals surface area contributed by atoms with E-state index < -0.39 is 0 Å². The zero-order chi connectivity index (χ0) is 12.7. The van der Waals surface area contributed by atoms with E-state index in [0.717, 1.165) is 44.2 Å². The van der Waals surface area contributed by atoms with Crippen molar-refractivity contribution >= 4 is 5.95 Å². The maximum absolute atomic E-state index is 4.24. The summed E-state index contributed by atoms with van der Waals surface area (Å²) in [4.78, 5) is 0. The van der Waals surface area contributed by atoms with Crippen molar-refractivity contribution < 1.29 is 0 Å². The van der Waals surface area contributed by atoms with Gasteiger partial charge in [-0.25, -0.2) is 0 Å². The monoisotopic (exact) mass is 239 g/mol. The highest BCUT2D eigenvalue weighted by Crippen LogP contribution is 2.08. The predicted octanol–water partition coefficient (Wildman–Crippen LogP) is 1.66. The lowest BCUT2D eigenvalue weighted by atomic mass is 10.2. The Balaban J connectivity index is 2.47. The van der Waals surface area contributed by atoms with Crippen molar-refractivity contribution in [2.75, 3.05) is 18.4 Å². The van der Waals surface area contributed by atoms with Crippen LogP contribution in [-0.4, -0.2) is 33.9 Å². The fourth-order valence-corrected chi connectivity index (χ4v) is 1.78. The van der Waals surface area contributed by atoms with Gasteiger partial charge in [0.25, 0.3) is 0 Å². The van der Waals surface area contributed by atoms with Crippen molar-refractivity contribution in [1.29, 1.82) is 0 Å². The second kappa shape index (κ2) is 7.27. The minimum atomic E-state index is 0.552. The van der Waals surface area contributed by atoms with Crippen molar-refractivity contribution in [1.82, 2.24) is 20.1 Å². The summed E-state index contributed by atoms with van der Waals surface area (Å²) in [5.41, 5.74) is 0. The quantitative estimate of drug-likeness (QED) is 0.677. The highest BCUT2D eigenvalue weighted by Gasteiger charge is 2.09. The molecule has 2 N–H and O–H groups in total. The molecule has 0 radical (unpaired) electrons. The molecule has 0 bridgehead atoms. The summed E-state index contributed by atoms with van der Waals surface area (Å²) >= 11 is 0. The number of nitrogens with zero attached hydrogens (tertiary/aromatic N) is 3. The van der Waals surface area contributed by atoms with Crippen molar-refractivity contribution in [3.63, 3.8) is 0 Å². The molecule has 0 spiro atoms. The molecule has 0 saturated heterocycles. The molecule has 0 amide bonds. The molecule has 17 heavy (non-hydrogen) atoms. The molecule has 5 nitrogen and oxygen atoms in total. The number of anilines is 1. The van der Waals surface area contributed by atoms with Crippen LogP contribution in [-0.2, 0) is 13.0 Å². The maximum atomic E-state index is 4.24. The van der Waals surface area contributed by atoms with E-state index >= 15 is 0 Å². The van der Waals surface area contributed by atoms with Crippen LogP contribution in [0.2, 0.25) is 0 Å². The van der Waals surface area contributed by atoms with Gasteiger partial charge < -0.3 is 10.6 Å². The summed E-state index contributed by atoms with van der Waals surface area (Å²) in [6.07, 6.45) is 2.08. The second-order valence-corrected chi connectivity index (χ2v) is 4.43. The van der Waals surface area contributed by atoms with E-state index in [2.05, 4.69) is 53.1 Å². The molecule has 1 aromatic rings. The van der Waals surface area contributed by atoms with Crippen LogP contribution in [0.3, 0.4) is 0 Å². The Morgan fingerprint density at radius 3 is 2.59 bits per heavy atom. The average Bonchev–Trinajstić information content (AvgIpc) is 2.67. The van der Waals surface area contributed by atoms with Crippen LogP contribution in [0.25, 0.3) is 0 Å². The van der Waals surface area contributed by atoms with Crippen molar-refractivity contribution in [3.8, 4) is 0 Å². The van der Waals surface area contributed by atoms with Gasteiger partial charge in [0.15, 0.2) is 0 Å². The van der Waals surface area contributed by atoms with Gasteiger partial charge in [0, 0.05) is 25.6 Å². The summed E-state index contributed by atoms with van der Waals surface area (Å²) in [5.74, 6) is 1.97. The minimum absolute atomic E-state index is 0.552. The summed E-state index contributed by atoms with van der Waals surface area (Å²) < 4.78 is 2.15. The lowest BCUT2D eigenvalue weighted by Gasteiger charge is -2.09. The molecule has 1 aromatic heterocycles. The molecule has 1 heterocycles. The fourth-order valence-electron chi connectivity index (χ4n) is 1.78. The van der Waals surface area contributed by atoms with Gasteiger partial charge in [-0.3, -0.25) is 4.57 Å². The van der Waals surface area contributed by atoms with Gasteiger partial charge in [0.1, 0.15) is 5.82 Å². The van der Waals surface area contributed by atoms with Crippen molar-refractivity contribution in [2.24, 2.45) is 0 Å².